The fraction of sp³-hybridized carbons (Fsp3) is 0.786. The molecule has 1 aliphatic carbocycles. The Labute approximate surface area is 176 Å². The van der Waals surface area contributed by atoms with Crippen molar-refractivity contribution in [2.75, 3.05) is 0 Å². The molecule has 0 aliphatic heterocycles. The van der Waals surface area contributed by atoms with Gasteiger partial charge in [-0.15, -0.1) is 0 Å². The van der Waals surface area contributed by atoms with Gasteiger partial charge in [0.15, 0.2) is 0 Å². The molecule has 160 valence electrons. The van der Waals surface area contributed by atoms with Gasteiger partial charge in [-0.05, 0) is 78.7 Å². The summed E-state index contributed by atoms with van der Waals surface area (Å²) in [7, 11) is 0. The second kappa shape index (κ2) is 11.4. The third-order valence-corrected chi connectivity index (χ3v) is 8.13. The molecule has 2 rings (SSSR count). The molecule has 0 saturated heterocycles. The van der Waals surface area contributed by atoms with E-state index in [-0.39, 0.29) is 0 Å². The second-order valence-corrected chi connectivity index (χ2v) is 10.3. The highest BCUT2D eigenvalue weighted by molar-refractivity contribution is 5.30. The molecule has 0 bridgehead atoms. The van der Waals surface area contributed by atoms with E-state index >= 15 is 0 Å². The lowest BCUT2D eigenvalue weighted by atomic mass is 9.72. The minimum absolute atomic E-state index is 0.356. The van der Waals surface area contributed by atoms with Crippen molar-refractivity contribution in [3.05, 3.63) is 35.4 Å². The summed E-state index contributed by atoms with van der Waals surface area (Å²) in [6.45, 7) is 14.4. The molecule has 1 aliphatic rings. The van der Waals surface area contributed by atoms with Gasteiger partial charge in [0, 0.05) is 0 Å². The molecule has 0 radical (unpaired) electrons. The topological polar surface area (TPSA) is 0 Å². The van der Waals surface area contributed by atoms with Crippen molar-refractivity contribution in [3.8, 4) is 0 Å². The third-order valence-electron chi connectivity index (χ3n) is 8.13. The Hall–Kier alpha value is -0.780. The summed E-state index contributed by atoms with van der Waals surface area (Å²) in [6, 6.07) is 9.80. The van der Waals surface area contributed by atoms with E-state index in [2.05, 4.69) is 65.8 Å². The van der Waals surface area contributed by atoms with Crippen LogP contribution in [0.15, 0.2) is 24.3 Å². The maximum absolute atomic E-state index is 2.53. The SMILES string of the molecule is CCCC(C)CCC(C)C1CCC(c2ccc(C(C)(CC)CCC)cc2)CC1. The van der Waals surface area contributed by atoms with Gasteiger partial charge in [0.05, 0.1) is 0 Å². The molecule has 1 saturated carbocycles. The van der Waals surface area contributed by atoms with Crippen molar-refractivity contribution in [1.29, 1.82) is 0 Å². The predicted octanol–water partition coefficient (Wildman–Crippen LogP) is 9.28. The van der Waals surface area contributed by atoms with Gasteiger partial charge in [-0.2, -0.15) is 0 Å². The van der Waals surface area contributed by atoms with E-state index in [1.54, 1.807) is 11.1 Å². The maximum Gasteiger partial charge on any atom is -0.00780 e. The third kappa shape index (κ3) is 6.36. The summed E-state index contributed by atoms with van der Waals surface area (Å²) in [6.07, 6.45) is 15.1. The molecule has 1 aromatic carbocycles. The van der Waals surface area contributed by atoms with Crippen LogP contribution in [0, 0.1) is 17.8 Å². The number of rotatable bonds is 11. The molecule has 0 heteroatoms. The summed E-state index contributed by atoms with van der Waals surface area (Å²) in [4.78, 5) is 0. The minimum Gasteiger partial charge on any atom is -0.0654 e. The average molecular weight is 385 g/mol. The Morgan fingerprint density at radius 2 is 1.50 bits per heavy atom. The number of hydrogen-bond acceptors (Lipinski definition) is 0. The van der Waals surface area contributed by atoms with Crippen LogP contribution in [0.4, 0.5) is 0 Å². The van der Waals surface area contributed by atoms with Gasteiger partial charge in [0.1, 0.15) is 0 Å². The first-order chi connectivity index (χ1) is 13.4. The van der Waals surface area contributed by atoms with Crippen molar-refractivity contribution in [2.24, 2.45) is 17.8 Å². The highest BCUT2D eigenvalue weighted by atomic mass is 14.3. The fourth-order valence-corrected chi connectivity index (χ4v) is 5.68. The summed E-state index contributed by atoms with van der Waals surface area (Å²) >= 11 is 0. The van der Waals surface area contributed by atoms with Gasteiger partial charge in [-0.1, -0.05) is 97.9 Å². The van der Waals surface area contributed by atoms with Crippen LogP contribution in [0.1, 0.15) is 129 Å². The van der Waals surface area contributed by atoms with Crippen LogP contribution in [-0.4, -0.2) is 0 Å². The average Bonchev–Trinajstić information content (AvgIpc) is 2.72. The molecule has 0 aromatic heterocycles. The summed E-state index contributed by atoms with van der Waals surface area (Å²) in [5.41, 5.74) is 3.50. The normalized spacial score (nSPS) is 24.5. The molecule has 3 atom stereocenters. The first-order valence-electron chi connectivity index (χ1n) is 12.5. The van der Waals surface area contributed by atoms with E-state index in [1.807, 2.05) is 0 Å². The highest BCUT2D eigenvalue weighted by Crippen LogP contribution is 2.41. The van der Waals surface area contributed by atoms with E-state index < -0.39 is 0 Å². The van der Waals surface area contributed by atoms with Gasteiger partial charge < -0.3 is 0 Å². The zero-order chi connectivity index (χ0) is 20.6. The lowest BCUT2D eigenvalue weighted by Crippen LogP contribution is -2.21. The van der Waals surface area contributed by atoms with E-state index in [9.17, 15) is 0 Å². The zero-order valence-electron chi connectivity index (χ0n) is 19.9. The number of benzene rings is 1. The number of hydrogen-bond donors (Lipinski definition) is 0. The Morgan fingerprint density at radius 3 is 2.04 bits per heavy atom. The summed E-state index contributed by atoms with van der Waals surface area (Å²) < 4.78 is 0. The van der Waals surface area contributed by atoms with Crippen molar-refractivity contribution in [1.82, 2.24) is 0 Å². The van der Waals surface area contributed by atoms with Crippen LogP contribution >= 0.6 is 0 Å². The van der Waals surface area contributed by atoms with Crippen LogP contribution in [0.3, 0.4) is 0 Å². The van der Waals surface area contributed by atoms with Crippen molar-refractivity contribution in [3.63, 3.8) is 0 Å². The molecule has 1 fully saturated rings. The first-order valence-corrected chi connectivity index (χ1v) is 12.5. The lowest BCUT2D eigenvalue weighted by Gasteiger charge is -2.33. The molecule has 1 aromatic rings. The van der Waals surface area contributed by atoms with E-state index in [0.29, 0.717) is 5.41 Å². The monoisotopic (exact) mass is 384 g/mol. The first kappa shape index (κ1) is 23.5. The Kier molecular flexibility index (Phi) is 9.58. The van der Waals surface area contributed by atoms with Crippen LogP contribution in [-0.2, 0) is 5.41 Å². The summed E-state index contributed by atoms with van der Waals surface area (Å²) in [5, 5.41) is 0. The molecule has 0 nitrogen and oxygen atoms in total. The lowest BCUT2D eigenvalue weighted by molar-refractivity contribution is 0.224. The molecule has 0 heterocycles. The Morgan fingerprint density at radius 1 is 0.857 bits per heavy atom. The molecular formula is C28H48. The zero-order valence-corrected chi connectivity index (χ0v) is 19.9. The smallest absolute Gasteiger partial charge is 0.00780 e. The van der Waals surface area contributed by atoms with Gasteiger partial charge >= 0.3 is 0 Å². The molecule has 0 N–H and O–H groups in total. The van der Waals surface area contributed by atoms with E-state index in [4.69, 9.17) is 0 Å². The van der Waals surface area contributed by atoms with Gasteiger partial charge in [-0.3, -0.25) is 0 Å². The largest absolute Gasteiger partial charge is 0.0654 e. The molecule has 28 heavy (non-hydrogen) atoms. The predicted molar refractivity (Wildman–Crippen MR) is 126 cm³/mol. The van der Waals surface area contributed by atoms with Gasteiger partial charge in [0.25, 0.3) is 0 Å². The van der Waals surface area contributed by atoms with Gasteiger partial charge in [-0.25, -0.2) is 0 Å². The van der Waals surface area contributed by atoms with Crippen LogP contribution in [0.2, 0.25) is 0 Å². The maximum atomic E-state index is 2.53. The highest BCUT2D eigenvalue weighted by Gasteiger charge is 2.27. The minimum atomic E-state index is 0.356. The molecule has 0 spiro atoms. The Balaban J connectivity index is 1.86. The molecular weight excluding hydrogens is 336 g/mol. The van der Waals surface area contributed by atoms with Crippen molar-refractivity contribution in [2.45, 2.75) is 124 Å². The fourth-order valence-electron chi connectivity index (χ4n) is 5.68. The van der Waals surface area contributed by atoms with Crippen LogP contribution in [0.5, 0.6) is 0 Å². The van der Waals surface area contributed by atoms with E-state index in [0.717, 1.165) is 23.7 Å². The van der Waals surface area contributed by atoms with Crippen LogP contribution in [0.25, 0.3) is 0 Å². The molecule has 0 amide bonds. The Bertz CT molecular complexity index is 534. The standard InChI is InChI=1S/C28H48/c1-7-10-22(4)11-12-23(5)24-13-15-25(16-14-24)26-17-19-27(20-18-26)28(6,9-3)21-8-2/h17-20,22-25H,7-16,21H2,1-6H3. The van der Waals surface area contributed by atoms with Gasteiger partial charge in [0.2, 0.25) is 0 Å². The second-order valence-electron chi connectivity index (χ2n) is 10.3. The van der Waals surface area contributed by atoms with Crippen molar-refractivity contribution < 1.29 is 0 Å². The molecule has 3 unspecified atom stereocenters. The van der Waals surface area contributed by atoms with Crippen molar-refractivity contribution >= 4 is 0 Å². The summed E-state index contributed by atoms with van der Waals surface area (Å²) in [5.74, 6) is 3.61. The van der Waals surface area contributed by atoms with E-state index in [1.165, 1.54) is 70.6 Å². The van der Waals surface area contributed by atoms with Crippen LogP contribution < -0.4 is 0 Å². The quantitative estimate of drug-likeness (QED) is 0.356.